The van der Waals surface area contributed by atoms with Gasteiger partial charge in [0.05, 0.1) is 17.3 Å². The standard InChI is InChI=1S/C15H23NO3S/c16-12-14-5-2-6-15(11-14)20(17,18)10-9-19-8-7-13-3-1-4-13/h2,5-6,11,13H,1,3-4,7-10,12,16H2. The molecule has 0 unspecified atom stereocenters. The van der Waals surface area contributed by atoms with Crippen LogP contribution in [-0.2, 0) is 21.1 Å². The van der Waals surface area contributed by atoms with E-state index in [0.717, 1.165) is 17.9 Å². The lowest BCUT2D eigenvalue weighted by Crippen LogP contribution is -2.16. The van der Waals surface area contributed by atoms with Crippen LogP contribution >= 0.6 is 0 Å². The molecule has 5 heteroatoms. The first-order chi connectivity index (χ1) is 9.62. The minimum atomic E-state index is -3.27. The Balaban J connectivity index is 1.77. The number of rotatable bonds is 8. The van der Waals surface area contributed by atoms with Crippen LogP contribution in [-0.4, -0.2) is 27.4 Å². The van der Waals surface area contributed by atoms with Gasteiger partial charge in [0.15, 0.2) is 9.84 Å². The first-order valence-corrected chi connectivity index (χ1v) is 8.86. The molecule has 20 heavy (non-hydrogen) atoms. The van der Waals surface area contributed by atoms with E-state index < -0.39 is 9.84 Å². The molecular weight excluding hydrogens is 274 g/mol. The molecule has 0 saturated heterocycles. The summed E-state index contributed by atoms with van der Waals surface area (Å²) < 4.78 is 29.7. The van der Waals surface area contributed by atoms with Gasteiger partial charge in [0, 0.05) is 13.2 Å². The monoisotopic (exact) mass is 297 g/mol. The van der Waals surface area contributed by atoms with E-state index in [1.165, 1.54) is 19.3 Å². The predicted octanol–water partition coefficient (Wildman–Crippen LogP) is 2.13. The van der Waals surface area contributed by atoms with Crippen LogP contribution in [0.25, 0.3) is 0 Å². The van der Waals surface area contributed by atoms with Crippen molar-refractivity contribution in [3.63, 3.8) is 0 Å². The van der Waals surface area contributed by atoms with Crippen LogP contribution in [0.1, 0.15) is 31.2 Å². The van der Waals surface area contributed by atoms with Gasteiger partial charge in [-0.15, -0.1) is 0 Å². The van der Waals surface area contributed by atoms with Gasteiger partial charge in [0.2, 0.25) is 0 Å². The van der Waals surface area contributed by atoms with Crippen molar-refractivity contribution in [3.8, 4) is 0 Å². The van der Waals surface area contributed by atoms with Crippen LogP contribution in [0, 0.1) is 5.92 Å². The number of nitrogens with two attached hydrogens (primary N) is 1. The van der Waals surface area contributed by atoms with Crippen LogP contribution < -0.4 is 5.73 Å². The second-order valence-corrected chi connectivity index (χ2v) is 7.48. The molecule has 1 fully saturated rings. The van der Waals surface area contributed by atoms with E-state index in [1.54, 1.807) is 18.2 Å². The topological polar surface area (TPSA) is 69.4 Å². The number of hydrogen-bond acceptors (Lipinski definition) is 4. The highest BCUT2D eigenvalue weighted by molar-refractivity contribution is 7.91. The molecule has 4 nitrogen and oxygen atoms in total. The first-order valence-electron chi connectivity index (χ1n) is 7.21. The van der Waals surface area contributed by atoms with Crippen molar-refractivity contribution in [1.82, 2.24) is 0 Å². The van der Waals surface area contributed by atoms with Gasteiger partial charge in [0.1, 0.15) is 0 Å². The third-order valence-electron chi connectivity index (χ3n) is 3.88. The van der Waals surface area contributed by atoms with Crippen LogP contribution in [0.5, 0.6) is 0 Å². The maximum atomic E-state index is 12.1. The zero-order chi connectivity index (χ0) is 14.4. The molecule has 0 aromatic heterocycles. The molecule has 0 spiro atoms. The lowest BCUT2D eigenvalue weighted by atomic mass is 9.83. The maximum absolute atomic E-state index is 12.1. The van der Waals surface area contributed by atoms with E-state index in [9.17, 15) is 8.42 Å². The molecule has 1 aromatic rings. The largest absolute Gasteiger partial charge is 0.380 e. The van der Waals surface area contributed by atoms with Gasteiger partial charge in [-0.25, -0.2) is 8.42 Å². The van der Waals surface area contributed by atoms with Gasteiger partial charge in [0.25, 0.3) is 0 Å². The summed E-state index contributed by atoms with van der Waals surface area (Å²) in [5.41, 5.74) is 6.36. The highest BCUT2D eigenvalue weighted by Crippen LogP contribution is 2.29. The number of sulfone groups is 1. The van der Waals surface area contributed by atoms with Gasteiger partial charge in [-0.1, -0.05) is 31.4 Å². The number of ether oxygens (including phenoxy) is 1. The second-order valence-electron chi connectivity index (χ2n) is 5.37. The summed E-state index contributed by atoms with van der Waals surface area (Å²) >= 11 is 0. The summed E-state index contributed by atoms with van der Waals surface area (Å²) in [4.78, 5) is 0.336. The molecule has 0 atom stereocenters. The molecule has 0 radical (unpaired) electrons. The molecule has 2 rings (SSSR count). The Hall–Kier alpha value is -0.910. The van der Waals surface area contributed by atoms with Gasteiger partial charge >= 0.3 is 0 Å². The van der Waals surface area contributed by atoms with Gasteiger partial charge in [-0.05, 0) is 30.0 Å². The Kier molecular flexibility index (Phi) is 5.57. The molecular formula is C15H23NO3S. The van der Waals surface area contributed by atoms with Crippen molar-refractivity contribution in [2.24, 2.45) is 11.7 Å². The molecule has 1 aliphatic rings. The molecule has 1 aromatic carbocycles. The van der Waals surface area contributed by atoms with E-state index in [4.69, 9.17) is 10.5 Å². The molecule has 0 heterocycles. The minimum absolute atomic E-state index is 0.0334. The first kappa shape index (κ1) is 15.5. The molecule has 0 bridgehead atoms. The molecule has 1 aliphatic carbocycles. The second kappa shape index (κ2) is 7.20. The predicted molar refractivity (Wildman–Crippen MR) is 79.2 cm³/mol. The van der Waals surface area contributed by atoms with E-state index >= 15 is 0 Å². The highest BCUT2D eigenvalue weighted by Gasteiger charge is 2.17. The van der Waals surface area contributed by atoms with Crippen molar-refractivity contribution < 1.29 is 13.2 Å². The third-order valence-corrected chi connectivity index (χ3v) is 5.56. The van der Waals surface area contributed by atoms with Crippen molar-refractivity contribution in [1.29, 1.82) is 0 Å². The van der Waals surface area contributed by atoms with Crippen LogP contribution in [0.2, 0.25) is 0 Å². The summed E-state index contributed by atoms with van der Waals surface area (Å²) in [5.74, 6) is 0.832. The van der Waals surface area contributed by atoms with Gasteiger partial charge in [-0.3, -0.25) is 0 Å². The normalized spacial score (nSPS) is 16.1. The molecule has 112 valence electrons. The quantitative estimate of drug-likeness (QED) is 0.746. The lowest BCUT2D eigenvalue weighted by molar-refractivity contribution is 0.118. The summed E-state index contributed by atoms with van der Waals surface area (Å²) in [5, 5.41) is 0. The fourth-order valence-corrected chi connectivity index (χ4v) is 3.48. The van der Waals surface area contributed by atoms with Gasteiger partial charge < -0.3 is 10.5 Å². The van der Waals surface area contributed by atoms with Crippen molar-refractivity contribution in [2.45, 2.75) is 37.1 Å². The summed E-state index contributed by atoms with van der Waals surface area (Å²) in [7, 11) is -3.27. The molecule has 0 amide bonds. The Labute approximate surface area is 121 Å². The van der Waals surface area contributed by atoms with E-state index in [2.05, 4.69) is 0 Å². The maximum Gasteiger partial charge on any atom is 0.180 e. The minimum Gasteiger partial charge on any atom is -0.380 e. The molecule has 2 N–H and O–H groups in total. The highest BCUT2D eigenvalue weighted by atomic mass is 32.2. The average Bonchev–Trinajstić information content (AvgIpc) is 2.40. The van der Waals surface area contributed by atoms with Crippen LogP contribution in [0.3, 0.4) is 0 Å². The van der Waals surface area contributed by atoms with Crippen molar-refractivity contribution >= 4 is 9.84 Å². The Morgan fingerprint density at radius 3 is 2.70 bits per heavy atom. The summed E-state index contributed by atoms with van der Waals surface area (Å²) in [6.45, 7) is 1.28. The zero-order valence-corrected chi connectivity index (χ0v) is 12.6. The average molecular weight is 297 g/mol. The van der Waals surface area contributed by atoms with Crippen molar-refractivity contribution in [2.75, 3.05) is 19.0 Å². The van der Waals surface area contributed by atoms with E-state index in [0.29, 0.717) is 18.0 Å². The molecule has 1 saturated carbocycles. The van der Waals surface area contributed by atoms with Crippen molar-refractivity contribution in [3.05, 3.63) is 29.8 Å². The fourth-order valence-electron chi connectivity index (χ4n) is 2.29. The van der Waals surface area contributed by atoms with E-state index in [-0.39, 0.29) is 12.4 Å². The number of hydrogen-bond donors (Lipinski definition) is 1. The Bertz CT molecular complexity index is 524. The van der Waals surface area contributed by atoms with Gasteiger partial charge in [-0.2, -0.15) is 0 Å². The lowest BCUT2D eigenvalue weighted by Gasteiger charge is -2.24. The van der Waals surface area contributed by atoms with E-state index in [1.807, 2.05) is 6.07 Å². The molecule has 0 aliphatic heterocycles. The summed E-state index contributed by atoms with van der Waals surface area (Å²) in [6, 6.07) is 6.81. The summed E-state index contributed by atoms with van der Waals surface area (Å²) in [6.07, 6.45) is 4.99. The SMILES string of the molecule is NCc1cccc(S(=O)(=O)CCOCCC2CCC2)c1. The zero-order valence-electron chi connectivity index (χ0n) is 11.8. The number of benzene rings is 1. The smallest absolute Gasteiger partial charge is 0.180 e. The Morgan fingerprint density at radius 1 is 1.25 bits per heavy atom. The van der Waals surface area contributed by atoms with Crippen LogP contribution in [0.15, 0.2) is 29.2 Å². The Morgan fingerprint density at radius 2 is 2.05 bits per heavy atom. The van der Waals surface area contributed by atoms with Crippen LogP contribution in [0.4, 0.5) is 0 Å². The fraction of sp³-hybridized carbons (Fsp3) is 0.600. The third kappa shape index (κ3) is 4.30.